The first kappa shape index (κ1) is 9.81. The molecule has 0 aliphatic carbocycles. The lowest BCUT2D eigenvalue weighted by atomic mass is 10.7. The van der Waals surface area contributed by atoms with Crippen molar-refractivity contribution in [1.82, 2.24) is 0 Å². The maximum Gasteiger partial charge on any atom is 0.111 e. The van der Waals surface area contributed by atoms with Crippen LogP contribution in [0.15, 0.2) is 18.0 Å². The van der Waals surface area contributed by atoms with Crippen molar-refractivity contribution >= 4 is 0 Å². The van der Waals surface area contributed by atoms with Crippen molar-refractivity contribution in [2.24, 2.45) is 5.11 Å². The second-order valence-electron chi connectivity index (χ2n) is 1.60. The summed E-state index contributed by atoms with van der Waals surface area (Å²) in [4.78, 5) is 2.57. The van der Waals surface area contributed by atoms with E-state index in [-0.39, 0.29) is 0 Å². The van der Waals surface area contributed by atoms with Gasteiger partial charge in [0.1, 0.15) is 6.61 Å². The van der Waals surface area contributed by atoms with Crippen LogP contribution in [0.25, 0.3) is 10.4 Å². The molecule has 0 amide bonds. The fourth-order valence-corrected chi connectivity index (χ4v) is 0.443. The van der Waals surface area contributed by atoms with Crippen LogP contribution in [0.4, 0.5) is 0 Å². The zero-order valence-electron chi connectivity index (χ0n) is 6.27. The third kappa shape index (κ3) is 8.81. The van der Waals surface area contributed by atoms with Gasteiger partial charge < -0.3 is 9.47 Å². The average Bonchev–Trinajstić information content (AvgIpc) is 2.03. The molecule has 0 saturated carbocycles. The van der Waals surface area contributed by atoms with Gasteiger partial charge in [-0.2, -0.15) is 0 Å². The minimum absolute atomic E-state index is 0.366. The van der Waals surface area contributed by atoms with E-state index in [2.05, 4.69) is 16.6 Å². The smallest absolute Gasteiger partial charge is 0.111 e. The van der Waals surface area contributed by atoms with Gasteiger partial charge in [0.15, 0.2) is 0 Å². The van der Waals surface area contributed by atoms with Gasteiger partial charge in [0.25, 0.3) is 0 Å². The molecule has 0 aromatic heterocycles. The van der Waals surface area contributed by atoms with Crippen molar-refractivity contribution in [3.8, 4) is 0 Å². The Balaban J connectivity index is 2.90. The SMILES string of the molecule is C=COCCOCCN=[N+]=[N-]. The van der Waals surface area contributed by atoms with Gasteiger partial charge in [0, 0.05) is 11.5 Å². The van der Waals surface area contributed by atoms with Gasteiger partial charge in [0.05, 0.1) is 19.5 Å². The van der Waals surface area contributed by atoms with Crippen LogP contribution >= 0.6 is 0 Å². The molecule has 5 heteroatoms. The fourth-order valence-electron chi connectivity index (χ4n) is 0.443. The van der Waals surface area contributed by atoms with E-state index in [1.54, 1.807) is 0 Å². The van der Waals surface area contributed by atoms with Gasteiger partial charge in [-0.3, -0.25) is 0 Å². The summed E-state index contributed by atoms with van der Waals surface area (Å²) in [5, 5.41) is 3.28. The molecule has 11 heavy (non-hydrogen) atoms. The molecule has 0 aliphatic rings. The first-order chi connectivity index (χ1) is 5.41. The summed E-state index contributed by atoms with van der Waals surface area (Å²) in [7, 11) is 0. The van der Waals surface area contributed by atoms with Crippen LogP contribution in [0.5, 0.6) is 0 Å². The minimum atomic E-state index is 0.366. The van der Waals surface area contributed by atoms with Crippen molar-refractivity contribution in [2.75, 3.05) is 26.4 Å². The molecule has 0 spiro atoms. The Morgan fingerprint density at radius 1 is 1.45 bits per heavy atom. The number of rotatable bonds is 7. The summed E-state index contributed by atoms with van der Waals surface area (Å²) in [6.07, 6.45) is 1.36. The second kappa shape index (κ2) is 8.81. The number of hydrogen-bond donors (Lipinski definition) is 0. The van der Waals surface area contributed by atoms with Crippen LogP contribution < -0.4 is 0 Å². The number of ether oxygens (including phenoxy) is 2. The average molecular weight is 157 g/mol. The molecule has 62 valence electrons. The van der Waals surface area contributed by atoms with Crippen LogP contribution in [-0.4, -0.2) is 26.4 Å². The summed E-state index contributed by atoms with van der Waals surface area (Å²) in [6, 6.07) is 0. The summed E-state index contributed by atoms with van der Waals surface area (Å²) >= 11 is 0. The van der Waals surface area contributed by atoms with Crippen LogP contribution in [0.2, 0.25) is 0 Å². The highest BCUT2D eigenvalue weighted by molar-refractivity contribution is 4.48. The molecular weight excluding hydrogens is 146 g/mol. The molecule has 0 atom stereocenters. The summed E-state index contributed by atoms with van der Waals surface area (Å²) < 4.78 is 9.78. The van der Waals surface area contributed by atoms with Crippen molar-refractivity contribution in [1.29, 1.82) is 0 Å². The van der Waals surface area contributed by atoms with Gasteiger partial charge in [-0.25, -0.2) is 0 Å². The monoisotopic (exact) mass is 157 g/mol. The van der Waals surface area contributed by atoms with Gasteiger partial charge in [0.2, 0.25) is 0 Å². The molecule has 0 unspecified atom stereocenters. The van der Waals surface area contributed by atoms with Gasteiger partial charge in [-0.1, -0.05) is 11.7 Å². The lowest BCUT2D eigenvalue weighted by molar-refractivity contribution is 0.0900. The van der Waals surface area contributed by atoms with Gasteiger partial charge >= 0.3 is 0 Å². The molecule has 0 aromatic carbocycles. The summed E-state index contributed by atoms with van der Waals surface area (Å²) in [5.74, 6) is 0. The predicted molar refractivity (Wildman–Crippen MR) is 41.0 cm³/mol. The molecule has 0 heterocycles. The molecule has 0 rings (SSSR count). The zero-order valence-corrected chi connectivity index (χ0v) is 6.27. The Kier molecular flexibility index (Phi) is 7.86. The van der Waals surface area contributed by atoms with E-state index >= 15 is 0 Å². The lowest BCUT2D eigenvalue weighted by Gasteiger charge is -2.00. The summed E-state index contributed by atoms with van der Waals surface area (Å²) in [5.41, 5.74) is 7.87. The molecule has 0 aliphatic heterocycles. The molecule has 0 saturated heterocycles. The molecule has 0 fully saturated rings. The quantitative estimate of drug-likeness (QED) is 0.184. The van der Waals surface area contributed by atoms with Gasteiger partial charge in [-0.05, 0) is 5.53 Å². The van der Waals surface area contributed by atoms with Crippen LogP contribution in [0, 0.1) is 0 Å². The molecule has 0 bridgehead atoms. The van der Waals surface area contributed by atoms with Crippen LogP contribution in [0.1, 0.15) is 0 Å². The van der Waals surface area contributed by atoms with E-state index in [0.29, 0.717) is 26.4 Å². The topological polar surface area (TPSA) is 67.2 Å². The first-order valence-corrected chi connectivity index (χ1v) is 3.23. The van der Waals surface area contributed by atoms with Crippen LogP contribution in [-0.2, 0) is 9.47 Å². The zero-order chi connectivity index (χ0) is 8.36. The molecule has 0 N–H and O–H groups in total. The Morgan fingerprint density at radius 2 is 2.27 bits per heavy atom. The van der Waals surface area contributed by atoms with E-state index in [0.717, 1.165) is 0 Å². The maximum absolute atomic E-state index is 7.87. The van der Waals surface area contributed by atoms with Gasteiger partial charge in [-0.15, -0.1) is 0 Å². The molecule has 5 nitrogen and oxygen atoms in total. The Morgan fingerprint density at radius 3 is 2.91 bits per heavy atom. The number of nitrogens with zero attached hydrogens (tertiary/aromatic N) is 3. The van der Waals surface area contributed by atoms with Crippen molar-refractivity contribution in [3.05, 3.63) is 23.3 Å². The molecular formula is C6H11N3O2. The Bertz CT molecular complexity index is 143. The maximum atomic E-state index is 7.87. The largest absolute Gasteiger partial charge is 0.499 e. The summed E-state index contributed by atoms with van der Waals surface area (Å²) in [6.45, 7) is 5.14. The molecule has 0 radical (unpaired) electrons. The lowest BCUT2D eigenvalue weighted by Crippen LogP contribution is -2.04. The third-order valence-electron chi connectivity index (χ3n) is 0.862. The second-order valence-corrected chi connectivity index (χ2v) is 1.60. The normalized spacial score (nSPS) is 8.36. The standard InChI is InChI=1S/C6H11N3O2/c1-2-10-5-6-11-4-3-8-9-7/h2H,1,3-6H2. The predicted octanol–water partition coefficient (Wildman–Crippen LogP) is 1.47. The van der Waals surface area contributed by atoms with E-state index in [9.17, 15) is 0 Å². The number of azide groups is 1. The van der Waals surface area contributed by atoms with E-state index < -0.39 is 0 Å². The van der Waals surface area contributed by atoms with E-state index in [1.165, 1.54) is 6.26 Å². The highest BCUT2D eigenvalue weighted by Gasteiger charge is 1.84. The third-order valence-corrected chi connectivity index (χ3v) is 0.862. The highest BCUT2D eigenvalue weighted by atomic mass is 16.5. The highest BCUT2D eigenvalue weighted by Crippen LogP contribution is 1.79. The van der Waals surface area contributed by atoms with E-state index in [4.69, 9.17) is 15.0 Å². The minimum Gasteiger partial charge on any atom is -0.499 e. The van der Waals surface area contributed by atoms with Crippen molar-refractivity contribution in [3.63, 3.8) is 0 Å². The number of hydrogen-bond acceptors (Lipinski definition) is 3. The van der Waals surface area contributed by atoms with Crippen molar-refractivity contribution < 1.29 is 9.47 Å². The fraction of sp³-hybridized carbons (Fsp3) is 0.667. The first-order valence-electron chi connectivity index (χ1n) is 3.23. The van der Waals surface area contributed by atoms with Crippen molar-refractivity contribution in [2.45, 2.75) is 0 Å². The molecule has 0 aromatic rings. The Labute approximate surface area is 65.2 Å². The van der Waals surface area contributed by atoms with Crippen LogP contribution in [0.3, 0.4) is 0 Å². The van der Waals surface area contributed by atoms with E-state index in [1.807, 2.05) is 0 Å². The Hall–Kier alpha value is -1.19.